The van der Waals surface area contributed by atoms with Crippen LogP contribution in [-0.2, 0) is 19.1 Å². The Balaban J connectivity index is 2.51. The normalized spacial score (nSPS) is 10.1. The Kier molecular flexibility index (Phi) is 8.07. The van der Waals surface area contributed by atoms with Crippen molar-refractivity contribution in [3.63, 3.8) is 0 Å². The first-order valence-electron chi connectivity index (χ1n) is 7.61. The lowest BCUT2D eigenvalue weighted by Gasteiger charge is -2.19. The third-order valence-corrected chi connectivity index (χ3v) is 3.10. The zero-order valence-corrected chi connectivity index (χ0v) is 14.4. The quantitative estimate of drug-likeness (QED) is 0.669. The molecule has 0 aliphatic heterocycles. The lowest BCUT2D eigenvalue weighted by molar-refractivity contribution is -0.122. The first-order chi connectivity index (χ1) is 11.8. The summed E-state index contributed by atoms with van der Waals surface area (Å²) in [5.41, 5.74) is 1.19. The topological polar surface area (TPSA) is 117 Å². The number of benzene rings is 1. The highest BCUT2D eigenvalue weighted by molar-refractivity contribution is 5.95. The SMILES string of the molecule is CCN(CC(=O)NC(=O)OC)CC(=O)Nc1ccc(NC(C)=O)cc1. The molecule has 4 amide bonds. The Morgan fingerprint density at radius 1 is 0.960 bits per heavy atom. The smallest absolute Gasteiger partial charge is 0.413 e. The second-order valence-corrected chi connectivity index (χ2v) is 5.15. The van der Waals surface area contributed by atoms with Crippen molar-refractivity contribution >= 4 is 35.2 Å². The van der Waals surface area contributed by atoms with Gasteiger partial charge in [-0.2, -0.15) is 0 Å². The number of nitrogens with zero attached hydrogens (tertiary/aromatic N) is 1. The summed E-state index contributed by atoms with van der Waals surface area (Å²) >= 11 is 0. The van der Waals surface area contributed by atoms with Gasteiger partial charge < -0.3 is 15.4 Å². The van der Waals surface area contributed by atoms with E-state index in [1.807, 2.05) is 5.32 Å². The van der Waals surface area contributed by atoms with Crippen LogP contribution in [0.5, 0.6) is 0 Å². The highest BCUT2D eigenvalue weighted by atomic mass is 16.5. The molecule has 0 saturated carbocycles. The number of methoxy groups -OCH3 is 1. The molecule has 9 nitrogen and oxygen atoms in total. The number of ether oxygens (including phenoxy) is 1. The van der Waals surface area contributed by atoms with Crippen LogP contribution < -0.4 is 16.0 Å². The van der Waals surface area contributed by atoms with E-state index < -0.39 is 12.0 Å². The first-order valence-corrected chi connectivity index (χ1v) is 7.61. The number of nitrogens with one attached hydrogen (secondary N) is 3. The molecule has 1 rings (SSSR count). The van der Waals surface area contributed by atoms with Crippen LogP contribution in [0.4, 0.5) is 16.2 Å². The molecular formula is C16H22N4O5. The molecule has 1 aromatic rings. The molecule has 0 spiro atoms. The van der Waals surface area contributed by atoms with E-state index in [1.54, 1.807) is 36.1 Å². The first kappa shape index (κ1) is 20.1. The molecule has 0 heterocycles. The van der Waals surface area contributed by atoms with E-state index in [1.165, 1.54) is 6.92 Å². The van der Waals surface area contributed by atoms with Gasteiger partial charge >= 0.3 is 6.09 Å². The van der Waals surface area contributed by atoms with Crippen LogP contribution in [-0.4, -0.2) is 55.5 Å². The van der Waals surface area contributed by atoms with Gasteiger partial charge in [0.25, 0.3) is 0 Å². The van der Waals surface area contributed by atoms with Gasteiger partial charge in [0.1, 0.15) is 0 Å². The standard InChI is InChI=1S/C16H22N4O5/c1-4-20(10-15(23)19-16(24)25-3)9-14(22)18-13-7-5-12(6-8-13)17-11(2)21/h5-8H,4,9-10H2,1-3H3,(H,17,21)(H,18,22)(H,19,23,24). The Morgan fingerprint density at radius 2 is 1.48 bits per heavy atom. The van der Waals surface area contributed by atoms with Gasteiger partial charge in [0, 0.05) is 18.3 Å². The van der Waals surface area contributed by atoms with Gasteiger partial charge in [0.2, 0.25) is 17.7 Å². The van der Waals surface area contributed by atoms with Gasteiger partial charge in [-0.3, -0.25) is 24.6 Å². The average Bonchev–Trinajstić information content (AvgIpc) is 2.55. The summed E-state index contributed by atoms with van der Waals surface area (Å²) in [6, 6.07) is 6.64. The molecule has 9 heteroatoms. The molecular weight excluding hydrogens is 328 g/mol. The summed E-state index contributed by atoms with van der Waals surface area (Å²) in [5.74, 6) is -1.04. The van der Waals surface area contributed by atoms with Gasteiger partial charge in [-0.05, 0) is 30.8 Å². The number of hydrogen-bond acceptors (Lipinski definition) is 6. The Hall–Kier alpha value is -2.94. The zero-order valence-electron chi connectivity index (χ0n) is 14.4. The lowest BCUT2D eigenvalue weighted by atomic mass is 10.2. The van der Waals surface area contributed by atoms with E-state index >= 15 is 0 Å². The molecule has 1 aromatic carbocycles. The molecule has 0 radical (unpaired) electrons. The second kappa shape index (κ2) is 10.0. The third-order valence-electron chi connectivity index (χ3n) is 3.10. The van der Waals surface area contributed by atoms with Gasteiger partial charge in [-0.1, -0.05) is 6.92 Å². The minimum absolute atomic E-state index is 0.0153. The molecule has 0 aromatic heterocycles. The van der Waals surface area contributed by atoms with Crippen LogP contribution in [0, 0.1) is 0 Å². The molecule has 25 heavy (non-hydrogen) atoms. The van der Waals surface area contributed by atoms with Gasteiger partial charge in [-0.25, -0.2) is 4.79 Å². The number of likely N-dealkylation sites (N-methyl/N-ethyl adjacent to an activating group) is 1. The van der Waals surface area contributed by atoms with Crippen LogP contribution in [0.25, 0.3) is 0 Å². The Labute approximate surface area is 145 Å². The molecule has 136 valence electrons. The number of hydrogen-bond donors (Lipinski definition) is 3. The lowest BCUT2D eigenvalue weighted by Crippen LogP contribution is -2.42. The summed E-state index contributed by atoms with van der Waals surface area (Å²) in [5, 5.41) is 7.35. The van der Waals surface area contributed by atoms with Crippen molar-refractivity contribution in [1.82, 2.24) is 10.2 Å². The molecule has 0 atom stereocenters. The van der Waals surface area contributed by atoms with E-state index in [2.05, 4.69) is 15.4 Å². The molecule has 0 unspecified atom stereocenters. The summed E-state index contributed by atoms with van der Waals surface area (Å²) in [6.45, 7) is 3.52. The predicted octanol–water partition coefficient (Wildman–Crippen LogP) is 0.788. The monoisotopic (exact) mass is 350 g/mol. The Bertz CT molecular complexity index is 630. The van der Waals surface area contributed by atoms with E-state index in [0.717, 1.165) is 7.11 Å². The van der Waals surface area contributed by atoms with Crippen molar-refractivity contribution in [3.05, 3.63) is 24.3 Å². The van der Waals surface area contributed by atoms with Gasteiger partial charge in [0.05, 0.1) is 20.2 Å². The summed E-state index contributed by atoms with van der Waals surface area (Å²) < 4.78 is 4.33. The molecule has 0 aliphatic carbocycles. The maximum Gasteiger partial charge on any atom is 0.413 e. The van der Waals surface area contributed by atoms with Crippen molar-refractivity contribution in [3.8, 4) is 0 Å². The highest BCUT2D eigenvalue weighted by Gasteiger charge is 2.15. The van der Waals surface area contributed by atoms with Gasteiger partial charge in [0.15, 0.2) is 0 Å². The Morgan fingerprint density at radius 3 is 1.96 bits per heavy atom. The summed E-state index contributed by atoms with van der Waals surface area (Å²) in [6.07, 6.45) is -0.843. The van der Waals surface area contributed by atoms with Crippen LogP contribution in [0.3, 0.4) is 0 Å². The van der Waals surface area contributed by atoms with Crippen LogP contribution >= 0.6 is 0 Å². The molecule has 0 bridgehead atoms. The largest absolute Gasteiger partial charge is 0.453 e. The van der Waals surface area contributed by atoms with Crippen molar-refractivity contribution in [2.24, 2.45) is 0 Å². The second-order valence-electron chi connectivity index (χ2n) is 5.15. The fraction of sp³-hybridized carbons (Fsp3) is 0.375. The summed E-state index contributed by atoms with van der Waals surface area (Å²) in [7, 11) is 1.16. The molecule has 3 N–H and O–H groups in total. The number of imide groups is 1. The van der Waals surface area contributed by atoms with Crippen molar-refractivity contribution in [1.29, 1.82) is 0 Å². The molecule has 0 fully saturated rings. The van der Waals surface area contributed by atoms with E-state index in [-0.39, 0.29) is 24.9 Å². The minimum Gasteiger partial charge on any atom is -0.453 e. The number of alkyl carbamates (subject to hydrolysis) is 1. The number of carbonyl (C=O) groups excluding carboxylic acids is 4. The number of carbonyl (C=O) groups is 4. The molecule has 0 aliphatic rings. The van der Waals surface area contributed by atoms with Gasteiger partial charge in [-0.15, -0.1) is 0 Å². The van der Waals surface area contributed by atoms with Crippen LogP contribution in [0.15, 0.2) is 24.3 Å². The van der Waals surface area contributed by atoms with Crippen molar-refractivity contribution in [2.45, 2.75) is 13.8 Å². The minimum atomic E-state index is -0.843. The van der Waals surface area contributed by atoms with E-state index in [4.69, 9.17) is 0 Å². The van der Waals surface area contributed by atoms with Crippen molar-refractivity contribution < 1.29 is 23.9 Å². The summed E-state index contributed by atoms with van der Waals surface area (Å²) in [4.78, 5) is 47.2. The predicted molar refractivity (Wildman–Crippen MR) is 92.0 cm³/mol. The number of anilines is 2. The van der Waals surface area contributed by atoms with E-state index in [0.29, 0.717) is 17.9 Å². The van der Waals surface area contributed by atoms with Crippen LogP contribution in [0.2, 0.25) is 0 Å². The maximum absolute atomic E-state index is 12.1. The van der Waals surface area contributed by atoms with Crippen LogP contribution in [0.1, 0.15) is 13.8 Å². The average molecular weight is 350 g/mol. The number of rotatable bonds is 7. The van der Waals surface area contributed by atoms with Crippen molar-refractivity contribution in [2.75, 3.05) is 37.4 Å². The maximum atomic E-state index is 12.1. The zero-order chi connectivity index (χ0) is 18.8. The third kappa shape index (κ3) is 7.93. The molecule has 0 saturated heterocycles. The fourth-order valence-electron chi connectivity index (χ4n) is 1.93. The van der Waals surface area contributed by atoms with E-state index in [9.17, 15) is 19.2 Å². The number of amides is 4. The highest BCUT2D eigenvalue weighted by Crippen LogP contribution is 2.13. The fourth-order valence-corrected chi connectivity index (χ4v) is 1.93.